The molecular weight excluding hydrogens is 286 g/mol. The molecule has 2 aliphatic heterocycles. The molecular formula is C19H21N3O. The molecule has 0 radical (unpaired) electrons. The second-order valence-electron chi connectivity index (χ2n) is 6.55. The third-order valence-corrected chi connectivity index (χ3v) is 5.07. The van der Waals surface area contributed by atoms with Crippen LogP contribution >= 0.6 is 0 Å². The molecule has 1 fully saturated rings. The van der Waals surface area contributed by atoms with E-state index in [2.05, 4.69) is 39.5 Å². The van der Waals surface area contributed by atoms with Crippen LogP contribution in [0.25, 0.3) is 0 Å². The lowest BCUT2D eigenvalue weighted by molar-refractivity contribution is -0.122. The average molecular weight is 307 g/mol. The summed E-state index contributed by atoms with van der Waals surface area (Å²) in [6, 6.07) is 14.4. The number of carbonyl (C=O) groups excluding carboxylic acids is 1. The van der Waals surface area contributed by atoms with Gasteiger partial charge in [-0.2, -0.15) is 0 Å². The van der Waals surface area contributed by atoms with Crippen molar-refractivity contribution in [1.82, 2.24) is 9.88 Å². The van der Waals surface area contributed by atoms with Crippen molar-refractivity contribution in [3.8, 4) is 0 Å². The number of anilines is 1. The van der Waals surface area contributed by atoms with Gasteiger partial charge in [0.1, 0.15) is 5.41 Å². The SMILES string of the molecule is O=C1Nc2cccnc2C12CCCN(CCc1ccccc1)C2. The van der Waals surface area contributed by atoms with Crippen molar-refractivity contribution < 1.29 is 4.79 Å². The fourth-order valence-corrected chi connectivity index (χ4v) is 3.88. The number of fused-ring (bicyclic) bond motifs is 2. The third kappa shape index (κ3) is 2.53. The summed E-state index contributed by atoms with van der Waals surface area (Å²) in [6.45, 7) is 2.82. The first-order chi connectivity index (χ1) is 11.3. The first-order valence-electron chi connectivity index (χ1n) is 8.31. The molecule has 23 heavy (non-hydrogen) atoms. The Morgan fingerprint density at radius 3 is 2.91 bits per heavy atom. The normalized spacial score (nSPS) is 23.7. The molecule has 118 valence electrons. The molecule has 1 aromatic carbocycles. The van der Waals surface area contributed by atoms with E-state index in [1.165, 1.54) is 5.56 Å². The van der Waals surface area contributed by atoms with Gasteiger partial charge in [-0.05, 0) is 43.5 Å². The Balaban J connectivity index is 1.52. The summed E-state index contributed by atoms with van der Waals surface area (Å²) in [5.74, 6) is 0.121. The van der Waals surface area contributed by atoms with E-state index in [-0.39, 0.29) is 5.91 Å². The largest absolute Gasteiger partial charge is 0.324 e. The number of rotatable bonds is 3. The fourth-order valence-electron chi connectivity index (χ4n) is 3.88. The molecule has 0 aliphatic carbocycles. The van der Waals surface area contributed by atoms with Gasteiger partial charge in [0.2, 0.25) is 5.91 Å². The van der Waals surface area contributed by atoms with Crippen molar-refractivity contribution in [1.29, 1.82) is 0 Å². The Morgan fingerprint density at radius 1 is 1.17 bits per heavy atom. The van der Waals surface area contributed by atoms with E-state index >= 15 is 0 Å². The Labute approximate surface area is 136 Å². The lowest BCUT2D eigenvalue weighted by atomic mass is 9.77. The van der Waals surface area contributed by atoms with Crippen LogP contribution in [0.1, 0.15) is 24.1 Å². The highest BCUT2D eigenvalue weighted by Gasteiger charge is 2.50. The number of aromatic nitrogens is 1. The first-order valence-corrected chi connectivity index (χ1v) is 8.31. The summed E-state index contributed by atoms with van der Waals surface area (Å²) in [5, 5.41) is 3.02. The van der Waals surface area contributed by atoms with Crippen LogP contribution in [0.5, 0.6) is 0 Å². The summed E-state index contributed by atoms with van der Waals surface area (Å²) in [4.78, 5) is 19.6. The second-order valence-corrected chi connectivity index (χ2v) is 6.55. The van der Waals surface area contributed by atoms with E-state index in [0.29, 0.717) is 0 Å². The first kappa shape index (κ1) is 14.4. The number of likely N-dealkylation sites (tertiary alicyclic amines) is 1. The summed E-state index contributed by atoms with van der Waals surface area (Å²) in [7, 11) is 0. The highest BCUT2D eigenvalue weighted by molar-refractivity contribution is 6.05. The predicted molar refractivity (Wildman–Crippen MR) is 90.4 cm³/mol. The number of piperidine rings is 1. The topological polar surface area (TPSA) is 45.2 Å². The minimum Gasteiger partial charge on any atom is -0.324 e. The lowest BCUT2D eigenvalue weighted by Gasteiger charge is -2.38. The Kier molecular flexibility index (Phi) is 3.62. The van der Waals surface area contributed by atoms with E-state index in [1.54, 1.807) is 6.20 Å². The summed E-state index contributed by atoms with van der Waals surface area (Å²) in [5.41, 5.74) is 2.73. The number of nitrogens with zero attached hydrogens (tertiary/aromatic N) is 2. The average Bonchev–Trinajstić information content (AvgIpc) is 2.86. The zero-order valence-corrected chi connectivity index (χ0v) is 13.2. The maximum Gasteiger partial charge on any atom is 0.238 e. The Bertz CT molecular complexity index is 716. The molecule has 0 saturated carbocycles. The molecule has 2 aromatic rings. The van der Waals surface area contributed by atoms with Crippen molar-refractivity contribution in [2.75, 3.05) is 25.0 Å². The molecule has 1 aromatic heterocycles. The zero-order valence-electron chi connectivity index (χ0n) is 13.2. The standard InChI is InChI=1S/C19H21N3O/c23-18-19(17-16(21-18)8-4-11-20-17)10-5-12-22(14-19)13-9-15-6-2-1-3-7-15/h1-4,6-8,11H,5,9-10,12-14H2,(H,21,23). The van der Waals surface area contributed by atoms with Gasteiger partial charge in [-0.25, -0.2) is 0 Å². The van der Waals surface area contributed by atoms with Crippen LogP contribution in [-0.4, -0.2) is 35.4 Å². The molecule has 1 N–H and O–H groups in total. The van der Waals surface area contributed by atoms with Crippen molar-refractivity contribution in [2.24, 2.45) is 0 Å². The Hall–Kier alpha value is -2.20. The van der Waals surface area contributed by atoms with Crippen LogP contribution in [0, 0.1) is 0 Å². The summed E-state index contributed by atoms with van der Waals surface area (Å²) < 4.78 is 0. The molecule has 4 nitrogen and oxygen atoms in total. The highest BCUT2D eigenvalue weighted by Crippen LogP contribution is 2.42. The van der Waals surface area contributed by atoms with Crippen molar-refractivity contribution in [3.05, 3.63) is 59.9 Å². The number of hydrogen-bond donors (Lipinski definition) is 1. The predicted octanol–water partition coefficient (Wildman–Crippen LogP) is 2.61. The molecule has 2 aliphatic rings. The molecule has 1 amide bonds. The van der Waals surface area contributed by atoms with E-state index in [0.717, 1.165) is 50.3 Å². The van der Waals surface area contributed by atoms with Crippen LogP contribution in [0.2, 0.25) is 0 Å². The van der Waals surface area contributed by atoms with E-state index in [1.807, 2.05) is 18.2 Å². The van der Waals surface area contributed by atoms with Crippen LogP contribution in [0.4, 0.5) is 5.69 Å². The zero-order chi connectivity index (χ0) is 15.7. The van der Waals surface area contributed by atoms with Crippen LogP contribution in [0.3, 0.4) is 0 Å². The molecule has 3 heterocycles. The molecule has 1 atom stereocenters. The van der Waals surface area contributed by atoms with Crippen LogP contribution < -0.4 is 5.32 Å². The van der Waals surface area contributed by atoms with E-state index < -0.39 is 5.41 Å². The number of carbonyl (C=O) groups is 1. The van der Waals surface area contributed by atoms with Crippen molar-refractivity contribution in [3.63, 3.8) is 0 Å². The Morgan fingerprint density at radius 2 is 2.04 bits per heavy atom. The summed E-state index contributed by atoms with van der Waals surface area (Å²) >= 11 is 0. The molecule has 4 heteroatoms. The minimum atomic E-state index is -0.453. The monoisotopic (exact) mass is 307 g/mol. The van der Waals surface area contributed by atoms with Crippen molar-refractivity contribution in [2.45, 2.75) is 24.7 Å². The van der Waals surface area contributed by atoms with Gasteiger partial charge in [0.15, 0.2) is 0 Å². The number of amides is 1. The summed E-state index contributed by atoms with van der Waals surface area (Å²) in [6.07, 6.45) is 4.75. The van der Waals surface area contributed by atoms with Gasteiger partial charge in [-0.15, -0.1) is 0 Å². The van der Waals surface area contributed by atoms with E-state index in [4.69, 9.17) is 0 Å². The van der Waals surface area contributed by atoms with Gasteiger partial charge in [0.05, 0.1) is 11.4 Å². The van der Waals surface area contributed by atoms with Gasteiger partial charge in [-0.3, -0.25) is 9.78 Å². The molecule has 1 spiro atoms. The molecule has 4 rings (SSSR count). The van der Waals surface area contributed by atoms with Crippen LogP contribution in [0.15, 0.2) is 48.7 Å². The lowest BCUT2D eigenvalue weighted by Crippen LogP contribution is -2.50. The highest BCUT2D eigenvalue weighted by atomic mass is 16.2. The number of pyridine rings is 1. The maximum absolute atomic E-state index is 12.7. The molecule has 1 saturated heterocycles. The number of benzene rings is 1. The quantitative estimate of drug-likeness (QED) is 0.948. The van der Waals surface area contributed by atoms with Gasteiger partial charge < -0.3 is 10.2 Å². The van der Waals surface area contributed by atoms with Gasteiger partial charge in [0.25, 0.3) is 0 Å². The second kappa shape index (κ2) is 5.78. The maximum atomic E-state index is 12.7. The number of nitrogens with one attached hydrogen (secondary N) is 1. The minimum absolute atomic E-state index is 0.121. The van der Waals surface area contributed by atoms with Gasteiger partial charge >= 0.3 is 0 Å². The smallest absolute Gasteiger partial charge is 0.238 e. The van der Waals surface area contributed by atoms with Gasteiger partial charge in [0, 0.05) is 19.3 Å². The number of hydrogen-bond acceptors (Lipinski definition) is 3. The van der Waals surface area contributed by atoms with Crippen LogP contribution in [-0.2, 0) is 16.6 Å². The van der Waals surface area contributed by atoms with E-state index in [9.17, 15) is 4.79 Å². The van der Waals surface area contributed by atoms with Gasteiger partial charge in [-0.1, -0.05) is 30.3 Å². The molecule has 0 bridgehead atoms. The fraction of sp³-hybridized carbons (Fsp3) is 0.368. The molecule has 1 unspecified atom stereocenters. The van der Waals surface area contributed by atoms with Crippen molar-refractivity contribution >= 4 is 11.6 Å². The third-order valence-electron chi connectivity index (χ3n) is 5.07.